The number of nitrogens with zero attached hydrogens (tertiary/aromatic N) is 3. The third-order valence-corrected chi connectivity index (χ3v) is 5.16. The molecule has 0 bridgehead atoms. The number of benzene rings is 1. The predicted octanol–water partition coefficient (Wildman–Crippen LogP) is 2.49. The number of aromatic nitrogens is 2. The molecule has 0 saturated carbocycles. The Bertz CT molecular complexity index is 862. The van der Waals surface area contributed by atoms with Gasteiger partial charge in [0, 0.05) is 23.6 Å². The van der Waals surface area contributed by atoms with Gasteiger partial charge in [0.1, 0.15) is 17.6 Å². The lowest BCUT2D eigenvalue weighted by molar-refractivity contribution is -0.0243. The fraction of sp³-hybridized carbons (Fsp3) is 0.235. The van der Waals surface area contributed by atoms with Crippen molar-refractivity contribution in [2.24, 2.45) is 0 Å². The van der Waals surface area contributed by atoms with Crippen LogP contribution in [0.2, 0.25) is 0 Å². The van der Waals surface area contributed by atoms with E-state index in [1.54, 1.807) is 17.3 Å². The molecule has 0 unspecified atom stereocenters. The molecule has 0 radical (unpaired) electrons. The molecular formula is C17H16N4O2S. The van der Waals surface area contributed by atoms with E-state index in [-0.39, 0.29) is 12.0 Å². The highest BCUT2D eigenvalue weighted by Gasteiger charge is 2.29. The van der Waals surface area contributed by atoms with E-state index in [9.17, 15) is 4.79 Å². The highest BCUT2D eigenvalue weighted by Crippen LogP contribution is 2.29. The minimum atomic E-state index is -0.342. The fourth-order valence-corrected chi connectivity index (χ4v) is 3.88. The summed E-state index contributed by atoms with van der Waals surface area (Å²) in [5.74, 6) is 0.366. The zero-order valence-corrected chi connectivity index (χ0v) is 13.7. The van der Waals surface area contributed by atoms with Crippen LogP contribution < -0.4 is 5.73 Å². The molecular weight excluding hydrogens is 324 g/mol. The van der Waals surface area contributed by atoms with Crippen molar-refractivity contribution in [3.63, 3.8) is 0 Å². The number of nitrogens with two attached hydrogens (primary N) is 1. The Labute approximate surface area is 142 Å². The van der Waals surface area contributed by atoms with Crippen LogP contribution in [-0.4, -0.2) is 40.5 Å². The molecule has 6 nitrogen and oxygen atoms in total. The summed E-state index contributed by atoms with van der Waals surface area (Å²) in [7, 11) is 0. The fourth-order valence-electron chi connectivity index (χ4n) is 2.85. The Balaban J connectivity index is 1.57. The average molecular weight is 340 g/mol. The number of thiophene rings is 1. The molecule has 2 aromatic heterocycles. The van der Waals surface area contributed by atoms with Gasteiger partial charge in [0.05, 0.1) is 18.0 Å². The zero-order chi connectivity index (χ0) is 16.5. The highest BCUT2D eigenvalue weighted by molar-refractivity contribution is 7.20. The van der Waals surface area contributed by atoms with Gasteiger partial charge in [-0.25, -0.2) is 4.98 Å². The largest absolute Gasteiger partial charge is 0.382 e. The van der Waals surface area contributed by atoms with Crippen LogP contribution >= 0.6 is 11.3 Å². The van der Waals surface area contributed by atoms with E-state index >= 15 is 0 Å². The number of amides is 1. The van der Waals surface area contributed by atoms with Gasteiger partial charge in [0.15, 0.2) is 0 Å². The molecule has 1 amide bonds. The second-order valence-electron chi connectivity index (χ2n) is 5.59. The second kappa shape index (κ2) is 6.18. The number of carbonyl (C=O) groups excluding carboxylic acids is 1. The molecule has 24 heavy (non-hydrogen) atoms. The number of hydrogen-bond acceptors (Lipinski definition) is 6. The molecule has 3 heterocycles. The number of nitrogen functional groups attached to an aromatic ring is 1. The van der Waals surface area contributed by atoms with E-state index < -0.39 is 0 Å². The molecule has 1 saturated heterocycles. The van der Waals surface area contributed by atoms with Gasteiger partial charge in [-0.05, 0) is 17.5 Å². The summed E-state index contributed by atoms with van der Waals surface area (Å²) < 4.78 is 6.86. The lowest BCUT2D eigenvalue weighted by Gasteiger charge is -2.32. The number of morpholine rings is 1. The van der Waals surface area contributed by atoms with E-state index in [1.807, 2.05) is 30.3 Å². The van der Waals surface area contributed by atoms with Crippen LogP contribution in [0.25, 0.3) is 10.1 Å². The smallest absolute Gasteiger partial charge is 0.264 e. The van der Waals surface area contributed by atoms with Crippen molar-refractivity contribution in [3.8, 4) is 0 Å². The molecule has 2 N–H and O–H groups in total. The number of ether oxygens (including phenoxy) is 1. The molecule has 0 spiro atoms. The maximum absolute atomic E-state index is 12.8. The monoisotopic (exact) mass is 340 g/mol. The maximum Gasteiger partial charge on any atom is 0.264 e. The van der Waals surface area contributed by atoms with Gasteiger partial charge in [-0.15, -0.1) is 11.3 Å². The van der Waals surface area contributed by atoms with Gasteiger partial charge in [-0.3, -0.25) is 9.78 Å². The molecule has 1 aliphatic heterocycles. The normalized spacial score (nSPS) is 18.0. The lowest BCUT2D eigenvalue weighted by Crippen LogP contribution is -2.42. The van der Waals surface area contributed by atoms with Gasteiger partial charge in [-0.2, -0.15) is 0 Å². The first-order valence-electron chi connectivity index (χ1n) is 7.68. The Morgan fingerprint density at radius 1 is 1.29 bits per heavy atom. The number of rotatable bonds is 2. The molecule has 7 heteroatoms. The molecule has 1 aliphatic rings. The van der Waals surface area contributed by atoms with E-state index in [4.69, 9.17) is 10.5 Å². The number of anilines is 1. The van der Waals surface area contributed by atoms with Crippen molar-refractivity contribution in [2.45, 2.75) is 6.10 Å². The first kappa shape index (κ1) is 15.0. The number of fused-ring (bicyclic) bond motifs is 1. The quantitative estimate of drug-likeness (QED) is 0.775. The van der Waals surface area contributed by atoms with Gasteiger partial charge >= 0.3 is 0 Å². The number of hydrogen-bond donors (Lipinski definition) is 1. The van der Waals surface area contributed by atoms with Crippen LogP contribution in [0, 0.1) is 0 Å². The summed E-state index contributed by atoms with van der Waals surface area (Å²) in [5.41, 5.74) is 6.47. The van der Waals surface area contributed by atoms with Crippen LogP contribution in [0.4, 0.5) is 5.82 Å². The van der Waals surface area contributed by atoms with Crippen molar-refractivity contribution in [1.29, 1.82) is 0 Å². The third-order valence-electron chi connectivity index (χ3n) is 4.05. The summed E-state index contributed by atoms with van der Waals surface area (Å²) in [4.78, 5) is 23.7. The summed E-state index contributed by atoms with van der Waals surface area (Å²) >= 11 is 1.51. The zero-order valence-electron chi connectivity index (χ0n) is 12.9. The van der Waals surface area contributed by atoms with Gasteiger partial charge in [0.25, 0.3) is 5.91 Å². The average Bonchev–Trinajstić information content (AvgIpc) is 3.06. The molecule has 1 fully saturated rings. The maximum atomic E-state index is 12.8. The molecule has 1 atom stereocenters. The summed E-state index contributed by atoms with van der Waals surface area (Å²) in [6.07, 6.45) is 2.79. The van der Waals surface area contributed by atoms with Gasteiger partial charge in [0.2, 0.25) is 0 Å². The SMILES string of the molecule is Nc1nccnc1[C@H]1CN(C(=O)c2cc3ccccc3s2)CCO1. The first-order chi connectivity index (χ1) is 11.7. The van der Waals surface area contributed by atoms with Crippen LogP contribution in [0.5, 0.6) is 0 Å². The van der Waals surface area contributed by atoms with E-state index in [0.717, 1.165) is 15.0 Å². The second-order valence-corrected chi connectivity index (χ2v) is 6.67. The van der Waals surface area contributed by atoms with Crippen molar-refractivity contribution in [3.05, 3.63) is 53.3 Å². The molecule has 3 aromatic rings. The summed E-state index contributed by atoms with van der Waals surface area (Å²) in [5, 5.41) is 1.09. The lowest BCUT2D eigenvalue weighted by atomic mass is 10.2. The number of carbonyl (C=O) groups is 1. The summed E-state index contributed by atoms with van der Waals surface area (Å²) in [6.45, 7) is 1.44. The first-order valence-corrected chi connectivity index (χ1v) is 8.50. The van der Waals surface area contributed by atoms with Crippen molar-refractivity contribution in [2.75, 3.05) is 25.4 Å². The van der Waals surface area contributed by atoms with Crippen LogP contribution in [0.1, 0.15) is 21.5 Å². The third kappa shape index (κ3) is 2.72. The molecule has 4 rings (SSSR count). The summed E-state index contributed by atoms with van der Waals surface area (Å²) in [6, 6.07) is 9.95. The van der Waals surface area contributed by atoms with Crippen molar-refractivity contribution < 1.29 is 9.53 Å². The van der Waals surface area contributed by atoms with Crippen LogP contribution in [-0.2, 0) is 4.74 Å². The van der Waals surface area contributed by atoms with E-state index in [2.05, 4.69) is 9.97 Å². The minimum Gasteiger partial charge on any atom is -0.382 e. The van der Waals surface area contributed by atoms with Gasteiger partial charge < -0.3 is 15.4 Å². The standard InChI is InChI=1S/C17H16N4O2S/c18-16-15(19-5-6-20-16)12-10-21(7-8-23-12)17(22)14-9-11-3-1-2-4-13(11)24-14/h1-6,9,12H,7-8,10H2,(H2,18,20)/t12-/m1/s1. The van der Waals surface area contributed by atoms with E-state index in [1.165, 1.54) is 11.3 Å². The topological polar surface area (TPSA) is 81.3 Å². The van der Waals surface area contributed by atoms with Gasteiger partial charge in [-0.1, -0.05) is 18.2 Å². The Hall–Kier alpha value is -2.51. The Morgan fingerprint density at radius 3 is 2.96 bits per heavy atom. The Kier molecular flexibility index (Phi) is 3.87. The van der Waals surface area contributed by atoms with Crippen LogP contribution in [0.3, 0.4) is 0 Å². The Morgan fingerprint density at radius 2 is 2.12 bits per heavy atom. The van der Waals surface area contributed by atoms with Crippen LogP contribution in [0.15, 0.2) is 42.7 Å². The molecule has 122 valence electrons. The molecule has 0 aliphatic carbocycles. The van der Waals surface area contributed by atoms with E-state index in [0.29, 0.717) is 31.2 Å². The van der Waals surface area contributed by atoms with Crippen molar-refractivity contribution >= 4 is 33.1 Å². The predicted molar refractivity (Wildman–Crippen MR) is 92.9 cm³/mol. The highest BCUT2D eigenvalue weighted by atomic mass is 32.1. The van der Waals surface area contributed by atoms with Crippen molar-refractivity contribution in [1.82, 2.24) is 14.9 Å². The molecule has 1 aromatic carbocycles. The minimum absolute atomic E-state index is 0.0203.